The van der Waals surface area contributed by atoms with E-state index in [-0.39, 0.29) is 6.04 Å². The van der Waals surface area contributed by atoms with Crippen LogP contribution in [-0.2, 0) is 11.3 Å². The number of benzene rings is 2. The summed E-state index contributed by atoms with van der Waals surface area (Å²) in [5.74, 6) is 0.860. The van der Waals surface area contributed by atoms with E-state index in [9.17, 15) is 0 Å². The Kier molecular flexibility index (Phi) is 6.25. The Morgan fingerprint density at radius 1 is 1.05 bits per heavy atom. The molecule has 0 heterocycles. The standard InChI is InChI=1S/C18H23NO2/c1-20-12-6-11-18(19)16-9-5-10-17(13-16)21-14-15-7-3-2-4-8-15/h2-5,7-10,13,18H,6,11-12,14,19H2,1H3. The number of hydrogen-bond acceptors (Lipinski definition) is 3. The molecule has 2 rings (SSSR count). The third-order valence-corrected chi connectivity index (χ3v) is 3.40. The van der Waals surface area contributed by atoms with E-state index in [1.807, 2.05) is 42.5 Å². The maximum atomic E-state index is 6.20. The van der Waals surface area contributed by atoms with Gasteiger partial charge in [0.1, 0.15) is 12.4 Å². The summed E-state index contributed by atoms with van der Waals surface area (Å²) in [6.07, 6.45) is 1.88. The summed E-state index contributed by atoms with van der Waals surface area (Å²) < 4.78 is 10.9. The minimum Gasteiger partial charge on any atom is -0.489 e. The first-order valence-electron chi connectivity index (χ1n) is 7.31. The minimum atomic E-state index is 0.0282. The van der Waals surface area contributed by atoms with Crippen LogP contribution in [0.4, 0.5) is 0 Å². The second kappa shape index (κ2) is 8.45. The lowest BCUT2D eigenvalue weighted by atomic mass is 10.0. The van der Waals surface area contributed by atoms with Crippen LogP contribution in [0, 0.1) is 0 Å². The molecule has 0 amide bonds. The lowest BCUT2D eigenvalue weighted by molar-refractivity contribution is 0.190. The van der Waals surface area contributed by atoms with Crippen molar-refractivity contribution in [2.75, 3.05) is 13.7 Å². The molecule has 0 aliphatic carbocycles. The zero-order chi connectivity index (χ0) is 14.9. The molecule has 0 aliphatic heterocycles. The van der Waals surface area contributed by atoms with Crippen molar-refractivity contribution >= 4 is 0 Å². The van der Waals surface area contributed by atoms with E-state index in [0.29, 0.717) is 6.61 Å². The Morgan fingerprint density at radius 3 is 2.62 bits per heavy atom. The first-order valence-corrected chi connectivity index (χ1v) is 7.31. The highest BCUT2D eigenvalue weighted by Gasteiger charge is 2.07. The molecule has 1 atom stereocenters. The summed E-state index contributed by atoms with van der Waals surface area (Å²) in [6, 6.07) is 18.2. The maximum Gasteiger partial charge on any atom is 0.120 e. The lowest BCUT2D eigenvalue weighted by Gasteiger charge is -2.13. The summed E-state index contributed by atoms with van der Waals surface area (Å²) in [5.41, 5.74) is 8.47. The van der Waals surface area contributed by atoms with E-state index in [0.717, 1.165) is 36.3 Å². The molecule has 0 radical (unpaired) electrons. The van der Waals surface area contributed by atoms with Crippen LogP contribution >= 0.6 is 0 Å². The Hall–Kier alpha value is -1.84. The van der Waals surface area contributed by atoms with E-state index in [2.05, 4.69) is 12.1 Å². The van der Waals surface area contributed by atoms with E-state index in [1.165, 1.54) is 0 Å². The number of rotatable bonds is 8. The van der Waals surface area contributed by atoms with Gasteiger partial charge in [-0.15, -0.1) is 0 Å². The molecule has 0 bridgehead atoms. The number of hydrogen-bond donors (Lipinski definition) is 1. The molecule has 112 valence electrons. The summed E-state index contributed by atoms with van der Waals surface area (Å²) in [6.45, 7) is 1.32. The average molecular weight is 285 g/mol. The van der Waals surface area contributed by atoms with Gasteiger partial charge in [-0.3, -0.25) is 0 Å². The highest BCUT2D eigenvalue weighted by molar-refractivity contribution is 5.30. The predicted molar refractivity (Wildman–Crippen MR) is 85.3 cm³/mol. The van der Waals surface area contributed by atoms with Crippen molar-refractivity contribution in [2.24, 2.45) is 5.73 Å². The van der Waals surface area contributed by atoms with E-state index < -0.39 is 0 Å². The second-order valence-corrected chi connectivity index (χ2v) is 5.09. The van der Waals surface area contributed by atoms with Gasteiger partial charge in [0, 0.05) is 19.8 Å². The third-order valence-electron chi connectivity index (χ3n) is 3.40. The molecule has 2 aromatic carbocycles. The van der Waals surface area contributed by atoms with Gasteiger partial charge in [0.15, 0.2) is 0 Å². The quantitative estimate of drug-likeness (QED) is 0.752. The molecule has 1 unspecified atom stereocenters. The van der Waals surface area contributed by atoms with Gasteiger partial charge in [-0.1, -0.05) is 42.5 Å². The molecular formula is C18H23NO2. The van der Waals surface area contributed by atoms with Crippen LogP contribution in [-0.4, -0.2) is 13.7 Å². The molecule has 0 saturated heterocycles. The molecule has 2 aromatic rings. The van der Waals surface area contributed by atoms with E-state index in [4.69, 9.17) is 15.2 Å². The first kappa shape index (κ1) is 15.5. The monoisotopic (exact) mass is 285 g/mol. The van der Waals surface area contributed by atoms with Gasteiger partial charge in [0.2, 0.25) is 0 Å². The number of nitrogens with two attached hydrogens (primary N) is 1. The smallest absolute Gasteiger partial charge is 0.120 e. The van der Waals surface area contributed by atoms with Gasteiger partial charge >= 0.3 is 0 Å². The SMILES string of the molecule is COCCCC(N)c1cccc(OCc2ccccc2)c1. The van der Waals surface area contributed by atoms with Crippen LogP contribution in [0.2, 0.25) is 0 Å². The number of ether oxygens (including phenoxy) is 2. The third kappa shape index (κ3) is 5.21. The Bertz CT molecular complexity index is 528. The molecule has 2 N–H and O–H groups in total. The van der Waals surface area contributed by atoms with Crippen molar-refractivity contribution in [3.63, 3.8) is 0 Å². The van der Waals surface area contributed by atoms with Crippen LogP contribution in [0.1, 0.15) is 30.0 Å². The molecule has 3 heteroatoms. The van der Waals surface area contributed by atoms with Crippen LogP contribution in [0.15, 0.2) is 54.6 Å². The van der Waals surface area contributed by atoms with Crippen molar-refractivity contribution in [3.05, 3.63) is 65.7 Å². The molecule has 21 heavy (non-hydrogen) atoms. The first-order chi connectivity index (χ1) is 10.3. The molecule has 0 spiro atoms. The van der Waals surface area contributed by atoms with Crippen molar-refractivity contribution in [1.29, 1.82) is 0 Å². The van der Waals surface area contributed by atoms with Crippen LogP contribution < -0.4 is 10.5 Å². The van der Waals surface area contributed by atoms with Gasteiger partial charge in [0.05, 0.1) is 0 Å². The van der Waals surface area contributed by atoms with Crippen LogP contribution in [0.5, 0.6) is 5.75 Å². The second-order valence-electron chi connectivity index (χ2n) is 5.09. The zero-order valence-electron chi connectivity index (χ0n) is 12.5. The molecule has 3 nitrogen and oxygen atoms in total. The largest absolute Gasteiger partial charge is 0.489 e. The van der Waals surface area contributed by atoms with Gasteiger partial charge in [-0.05, 0) is 36.1 Å². The highest BCUT2D eigenvalue weighted by Crippen LogP contribution is 2.21. The van der Waals surface area contributed by atoms with Crippen molar-refractivity contribution < 1.29 is 9.47 Å². The molecule has 0 fully saturated rings. The number of methoxy groups -OCH3 is 1. The van der Waals surface area contributed by atoms with Crippen molar-refractivity contribution in [1.82, 2.24) is 0 Å². The normalized spacial score (nSPS) is 12.1. The van der Waals surface area contributed by atoms with Gasteiger partial charge < -0.3 is 15.2 Å². The minimum absolute atomic E-state index is 0.0282. The Labute approximate surface area is 126 Å². The summed E-state index contributed by atoms with van der Waals surface area (Å²) >= 11 is 0. The molecule has 0 aliphatic rings. The summed E-state index contributed by atoms with van der Waals surface area (Å²) in [4.78, 5) is 0. The molecule has 0 aromatic heterocycles. The van der Waals surface area contributed by atoms with E-state index in [1.54, 1.807) is 7.11 Å². The fourth-order valence-corrected chi connectivity index (χ4v) is 2.19. The lowest BCUT2D eigenvalue weighted by Crippen LogP contribution is -2.11. The zero-order valence-corrected chi connectivity index (χ0v) is 12.5. The molecule has 0 saturated carbocycles. The fraction of sp³-hybridized carbons (Fsp3) is 0.333. The molecular weight excluding hydrogens is 262 g/mol. The average Bonchev–Trinajstić information content (AvgIpc) is 2.54. The topological polar surface area (TPSA) is 44.5 Å². The Balaban J connectivity index is 1.91. The predicted octanol–water partition coefficient (Wildman–Crippen LogP) is 3.69. The highest BCUT2D eigenvalue weighted by atomic mass is 16.5. The summed E-state index contributed by atoms with van der Waals surface area (Å²) in [5, 5.41) is 0. The van der Waals surface area contributed by atoms with Crippen LogP contribution in [0.3, 0.4) is 0 Å². The van der Waals surface area contributed by atoms with Gasteiger partial charge in [-0.25, -0.2) is 0 Å². The van der Waals surface area contributed by atoms with Crippen molar-refractivity contribution in [2.45, 2.75) is 25.5 Å². The van der Waals surface area contributed by atoms with Gasteiger partial charge in [-0.2, -0.15) is 0 Å². The van der Waals surface area contributed by atoms with Crippen molar-refractivity contribution in [3.8, 4) is 5.75 Å². The Morgan fingerprint density at radius 2 is 1.86 bits per heavy atom. The fourth-order valence-electron chi connectivity index (χ4n) is 2.19. The summed E-state index contributed by atoms with van der Waals surface area (Å²) in [7, 11) is 1.71. The van der Waals surface area contributed by atoms with Gasteiger partial charge in [0.25, 0.3) is 0 Å². The maximum absolute atomic E-state index is 6.20. The van der Waals surface area contributed by atoms with E-state index >= 15 is 0 Å². The van der Waals surface area contributed by atoms with Crippen LogP contribution in [0.25, 0.3) is 0 Å².